The Morgan fingerprint density at radius 3 is 2.70 bits per heavy atom. The number of carbonyl (C=O) groups is 1. The molecular formula is C15H13IN2O2. The predicted octanol–water partition coefficient (Wildman–Crippen LogP) is 3.06. The first-order valence-corrected chi connectivity index (χ1v) is 7.00. The summed E-state index contributed by atoms with van der Waals surface area (Å²) in [5.74, 6) is 0.366. The number of halogens is 1. The molecule has 0 fully saturated rings. The summed E-state index contributed by atoms with van der Waals surface area (Å²) in [6.07, 6.45) is 1.61. The molecule has 0 saturated heterocycles. The number of methoxy groups -OCH3 is 1. The Labute approximate surface area is 131 Å². The molecule has 1 amide bonds. The summed E-state index contributed by atoms with van der Waals surface area (Å²) in [5, 5.41) is 3.94. The van der Waals surface area contributed by atoms with Crippen molar-refractivity contribution >= 4 is 34.7 Å². The van der Waals surface area contributed by atoms with E-state index in [1.54, 1.807) is 37.6 Å². The maximum absolute atomic E-state index is 11.9. The van der Waals surface area contributed by atoms with Crippen molar-refractivity contribution in [2.75, 3.05) is 7.11 Å². The van der Waals surface area contributed by atoms with Crippen molar-refractivity contribution in [1.29, 1.82) is 0 Å². The molecule has 0 aliphatic heterocycles. The van der Waals surface area contributed by atoms with Gasteiger partial charge in [0.05, 0.1) is 13.3 Å². The molecule has 0 atom stereocenters. The lowest BCUT2D eigenvalue weighted by Crippen LogP contribution is -2.17. The number of nitrogens with one attached hydrogen (secondary N) is 1. The maximum Gasteiger partial charge on any atom is 0.271 e. The summed E-state index contributed by atoms with van der Waals surface area (Å²) in [6, 6.07) is 14.7. The van der Waals surface area contributed by atoms with E-state index in [1.165, 1.54) is 0 Å². The lowest BCUT2D eigenvalue weighted by molar-refractivity contribution is 0.0955. The Morgan fingerprint density at radius 2 is 2.00 bits per heavy atom. The molecule has 0 radical (unpaired) electrons. The molecule has 0 bridgehead atoms. The summed E-state index contributed by atoms with van der Waals surface area (Å²) < 4.78 is 6.22. The standard InChI is InChI=1S/C15H13IN2O2/c1-20-14-4-2-3-12(9-14)15(19)18-17-10-11-5-7-13(16)8-6-11/h2-10H,1H3,(H,18,19)/b17-10-. The number of hydrogen-bond acceptors (Lipinski definition) is 3. The van der Waals surface area contributed by atoms with Crippen molar-refractivity contribution < 1.29 is 9.53 Å². The smallest absolute Gasteiger partial charge is 0.271 e. The monoisotopic (exact) mass is 380 g/mol. The first-order chi connectivity index (χ1) is 9.69. The zero-order valence-corrected chi connectivity index (χ0v) is 13.0. The van der Waals surface area contributed by atoms with E-state index in [0.717, 1.165) is 9.13 Å². The lowest BCUT2D eigenvalue weighted by Gasteiger charge is -2.02. The number of rotatable bonds is 4. The zero-order chi connectivity index (χ0) is 14.4. The van der Waals surface area contributed by atoms with Crippen molar-refractivity contribution in [2.45, 2.75) is 0 Å². The number of ether oxygens (including phenoxy) is 1. The van der Waals surface area contributed by atoms with Gasteiger partial charge in [-0.1, -0.05) is 18.2 Å². The highest BCUT2D eigenvalue weighted by molar-refractivity contribution is 14.1. The largest absolute Gasteiger partial charge is 0.497 e. The Kier molecular flexibility index (Phi) is 5.11. The Bertz CT molecular complexity index is 624. The van der Waals surface area contributed by atoms with E-state index in [1.807, 2.05) is 24.3 Å². The molecule has 0 aliphatic carbocycles. The summed E-state index contributed by atoms with van der Waals surface area (Å²) >= 11 is 2.23. The SMILES string of the molecule is COc1cccc(C(=O)N/N=C\c2ccc(I)cc2)c1. The van der Waals surface area contributed by atoms with Crippen LogP contribution in [0.3, 0.4) is 0 Å². The molecule has 0 aliphatic rings. The average Bonchev–Trinajstić information content (AvgIpc) is 2.49. The van der Waals surface area contributed by atoms with Crippen LogP contribution in [0.5, 0.6) is 5.75 Å². The van der Waals surface area contributed by atoms with Gasteiger partial charge in [0.15, 0.2) is 0 Å². The minimum Gasteiger partial charge on any atom is -0.497 e. The van der Waals surface area contributed by atoms with Gasteiger partial charge in [-0.05, 0) is 58.5 Å². The zero-order valence-electron chi connectivity index (χ0n) is 10.8. The van der Waals surface area contributed by atoms with Crippen LogP contribution in [0.1, 0.15) is 15.9 Å². The van der Waals surface area contributed by atoms with E-state index in [-0.39, 0.29) is 5.91 Å². The van der Waals surface area contributed by atoms with Crippen LogP contribution in [0, 0.1) is 3.57 Å². The molecule has 5 heteroatoms. The van der Waals surface area contributed by atoms with Crippen LogP contribution in [-0.4, -0.2) is 19.2 Å². The second kappa shape index (κ2) is 7.04. The third-order valence-corrected chi connectivity index (χ3v) is 3.30. The average molecular weight is 380 g/mol. The molecule has 102 valence electrons. The van der Waals surface area contributed by atoms with Crippen molar-refractivity contribution in [2.24, 2.45) is 5.10 Å². The summed E-state index contributed by atoms with van der Waals surface area (Å²) in [4.78, 5) is 11.9. The van der Waals surface area contributed by atoms with Crippen molar-refractivity contribution in [3.8, 4) is 5.75 Å². The van der Waals surface area contributed by atoms with Gasteiger partial charge in [-0.2, -0.15) is 5.10 Å². The van der Waals surface area contributed by atoms with Crippen LogP contribution < -0.4 is 10.2 Å². The van der Waals surface area contributed by atoms with Crippen molar-refractivity contribution in [1.82, 2.24) is 5.43 Å². The maximum atomic E-state index is 11.9. The Balaban J connectivity index is 1.99. The molecule has 2 aromatic carbocycles. The van der Waals surface area contributed by atoms with Crippen LogP contribution in [0.25, 0.3) is 0 Å². The second-order valence-electron chi connectivity index (χ2n) is 3.98. The Morgan fingerprint density at radius 1 is 1.25 bits per heavy atom. The van der Waals surface area contributed by atoms with E-state index >= 15 is 0 Å². The number of carbonyl (C=O) groups excluding carboxylic acids is 1. The van der Waals surface area contributed by atoms with Crippen molar-refractivity contribution in [3.63, 3.8) is 0 Å². The molecule has 0 unspecified atom stereocenters. The van der Waals surface area contributed by atoms with Crippen LogP contribution in [0.2, 0.25) is 0 Å². The van der Waals surface area contributed by atoms with Gasteiger partial charge in [-0.3, -0.25) is 4.79 Å². The first kappa shape index (κ1) is 14.5. The summed E-state index contributed by atoms with van der Waals surface area (Å²) in [6.45, 7) is 0. The van der Waals surface area contributed by atoms with Gasteiger partial charge in [0.25, 0.3) is 5.91 Å². The van der Waals surface area contributed by atoms with E-state index < -0.39 is 0 Å². The van der Waals surface area contributed by atoms with Gasteiger partial charge in [0.1, 0.15) is 5.75 Å². The van der Waals surface area contributed by atoms with E-state index in [0.29, 0.717) is 11.3 Å². The van der Waals surface area contributed by atoms with Crippen LogP contribution in [0.15, 0.2) is 53.6 Å². The first-order valence-electron chi connectivity index (χ1n) is 5.92. The minimum atomic E-state index is -0.273. The fourth-order valence-electron chi connectivity index (χ4n) is 1.54. The molecule has 20 heavy (non-hydrogen) atoms. The number of amides is 1. The topological polar surface area (TPSA) is 50.7 Å². The molecule has 0 saturated carbocycles. The fraction of sp³-hybridized carbons (Fsp3) is 0.0667. The normalized spacial score (nSPS) is 10.5. The van der Waals surface area contributed by atoms with Gasteiger partial charge in [0.2, 0.25) is 0 Å². The highest BCUT2D eigenvalue weighted by atomic mass is 127. The number of hydrogen-bond donors (Lipinski definition) is 1. The van der Waals surface area contributed by atoms with Crippen molar-refractivity contribution in [3.05, 3.63) is 63.2 Å². The highest BCUT2D eigenvalue weighted by Crippen LogP contribution is 2.12. The van der Waals surface area contributed by atoms with Gasteiger partial charge in [0, 0.05) is 9.13 Å². The Hall–Kier alpha value is -1.89. The molecule has 0 spiro atoms. The van der Waals surface area contributed by atoms with E-state index in [4.69, 9.17) is 4.74 Å². The van der Waals surface area contributed by atoms with Crippen LogP contribution in [0.4, 0.5) is 0 Å². The summed E-state index contributed by atoms with van der Waals surface area (Å²) in [7, 11) is 1.56. The van der Waals surface area contributed by atoms with E-state index in [2.05, 4.69) is 33.1 Å². The summed E-state index contributed by atoms with van der Waals surface area (Å²) in [5.41, 5.74) is 3.92. The molecule has 0 heterocycles. The molecule has 4 nitrogen and oxygen atoms in total. The number of nitrogens with zero attached hydrogens (tertiary/aromatic N) is 1. The third kappa shape index (κ3) is 4.06. The molecule has 0 aromatic heterocycles. The van der Waals surface area contributed by atoms with Gasteiger partial charge >= 0.3 is 0 Å². The number of benzene rings is 2. The van der Waals surface area contributed by atoms with Gasteiger partial charge in [-0.15, -0.1) is 0 Å². The lowest BCUT2D eigenvalue weighted by atomic mass is 10.2. The second-order valence-corrected chi connectivity index (χ2v) is 5.23. The predicted molar refractivity (Wildman–Crippen MR) is 87.2 cm³/mol. The van der Waals surface area contributed by atoms with Crippen LogP contribution in [-0.2, 0) is 0 Å². The highest BCUT2D eigenvalue weighted by Gasteiger charge is 2.04. The van der Waals surface area contributed by atoms with Gasteiger partial charge in [-0.25, -0.2) is 5.43 Å². The fourth-order valence-corrected chi connectivity index (χ4v) is 1.90. The van der Waals surface area contributed by atoms with Gasteiger partial charge < -0.3 is 4.74 Å². The van der Waals surface area contributed by atoms with E-state index in [9.17, 15) is 4.79 Å². The van der Waals surface area contributed by atoms with Crippen LogP contribution >= 0.6 is 22.6 Å². The number of hydrazone groups is 1. The molecule has 1 N–H and O–H groups in total. The minimum absolute atomic E-state index is 0.273. The molecule has 2 aromatic rings. The third-order valence-electron chi connectivity index (χ3n) is 2.58. The quantitative estimate of drug-likeness (QED) is 0.504. The molecular weight excluding hydrogens is 367 g/mol. The molecule has 2 rings (SSSR count).